The van der Waals surface area contributed by atoms with Crippen LogP contribution in [0, 0.1) is 6.92 Å². The molecule has 1 rings (SSSR count). The maximum Gasteiger partial charge on any atom is 0.236 e. The number of rotatable bonds is 3. The third-order valence-corrected chi connectivity index (χ3v) is 2.49. The van der Waals surface area contributed by atoms with Crippen molar-refractivity contribution in [2.75, 3.05) is 0 Å². The van der Waals surface area contributed by atoms with E-state index in [0.29, 0.717) is 6.54 Å². The predicted molar refractivity (Wildman–Crippen MR) is 60.6 cm³/mol. The average Bonchev–Trinajstić information content (AvgIpc) is 2.43. The predicted octanol–water partition coefficient (Wildman–Crippen LogP) is 0.913. The number of aryl methyl sites for hydroxylation is 1. The Labute approximate surface area is 97.4 Å². The van der Waals surface area contributed by atoms with Crippen LogP contribution in [0.1, 0.15) is 25.5 Å². The Hall–Kier alpha value is -0.910. The van der Waals surface area contributed by atoms with Crippen LogP contribution < -0.4 is 5.32 Å². The van der Waals surface area contributed by atoms with E-state index < -0.39 is 4.32 Å². The highest BCUT2D eigenvalue weighted by atomic mass is 79.9. The lowest BCUT2D eigenvalue weighted by atomic mass is 10.2. The Balaban J connectivity index is 2.59. The van der Waals surface area contributed by atoms with Gasteiger partial charge >= 0.3 is 0 Å². The second-order valence-electron chi connectivity index (χ2n) is 3.88. The van der Waals surface area contributed by atoms with Gasteiger partial charge in [-0.25, -0.2) is 0 Å². The first-order valence-electron chi connectivity index (χ1n) is 4.64. The van der Waals surface area contributed by atoms with Gasteiger partial charge < -0.3 is 9.88 Å². The number of hydrogen-bond acceptors (Lipinski definition) is 3. The Morgan fingerprint density at radius 2 is 2.13 bits per heavy atom. The fourth-order valence-electron chi connectivity index (χ4n) is 0.974. The van der Waals surface area contributed by atoms with Gasteiger partial charge in [0.2, 0.25) is 5.91 Å². The lowest BCUT2D eigenvalue weighted by Gasteiger charge is -2.15. The SMILES string of the molecule is Cc1nnc(CNC(=O)C(C)(C)Br)n1C. The van der Waals surface area contributed by atoms with Gasteiger partial charge in [0.05, 0.1) is 10.9 Å². The minimum Gasteiger partial charge on any atom is -0.348 e. The monoisotopic (exact) mass is 274 g/mol. The molecule has 1 amide bonds. The summed E-state index contributed by atoms with van der Waals surface area (Å²) in [6, 6.07) is 0. The second kappa shape index (κ2) is 4.30. The van der Waals surface area contributed by atoms with Crippen LogP contribution in [0.3, 0.4) is 0 Å². The van der Waals surface area contributed by atoms with Crippen molar-refractivity contribution in [3.8, 4) is 0 Å². The van der Waals surface area contributed by atoms with Crippen molar-refractivity contribution in [3.05, 3.63) is 11.6 Å². The van der Waals surface area contributed by atoms with Crippen molar-refractivity contribution in [3.63, 3.8) is 0 Å². The molecule has 1 N–H and O–H groups in total. The molecule has 0 fully saturated rings. The van der Waals surface area contributed by atoms with Crippen LogP contribution in [-0.2, 0) is 18.4 Å². The minimum absolute atomic E-state index is 0.0665. The van der Waals surface area contributed by atoms with E-state index in [1.54, 1.807) is 13.8 Å². The smallest absolute Gasteiger partial charge is 0.236 e. The highest BCUT2D eigenvalue weighted by molar-refractivity contribution is 9.10. The summed E-state index contributed by atoms with van der Waals surface area (Å²) in [6.07, 6.45) is 0. The van der Waals surface area contributed by atoms with E-state index in [2.05, 4.69) is 31.4 Å². The van der Waals surface area contributed by atoms with E-state index in [0.717, 1.165) is 11.6 Å². The minimum atomic E-state index is -0.555. The molecule has 0 spiro atoms. The van der Waals surface area contributed by atoms with E-state index in [1.807, 2.05) is 18.5 Å². The summed E-state index contributed by atoms with van der Waals surface area (Å²) in [6.45, 7) is 5.85. The highest BCUT2D eigenvalue weighted by Gasteiger charge is 2.23. The summed E-state index contributed by atoms with van der Waals surface area (Å²) in [4.78, 5) is 11.5. The fourth-order valence-corrected chi connectivity index (χ4v) is 1.11. The average molecular weight is 275 g/mol. The molecule has 0 atom stereocenters. The first-order chi connectivity index (χ1) is 6.82. The van der Waals surface area contributed by atoms with Gasteiger partial charge in [-0.15, -0.1) is 10.2 Å². The molecule has 0 saturated carbocycles. The van der Waals surface area contributed by atoms with E-state index in [1.165, 1.54) is 0 Å². The highest BCUT2D eigenvalue weighted by Crippen LogP contribution is 2.15. The van der Waals surface area contributed by atoms with Gasteiger partial charge in [0, 0.05) is 7.05 Å². The summed E-state index contributed by atoms with van der Waals surface area (Å²) in [5.41, 5.74) is 0. The zero-order chi connectivity index (χ0) is 11.6. The van der Waals surface area contributed by atoms with Gasteiger partial charge in [-0.2, -0.15) is 0 Å². The van der Waals surface area contributed by atoms with Crippen LogP contribution in [0.4, 0.5) is 0 Å². The largest absolute Gasteiger partial charge is 0.348 e. The second-order valence-corrected chi connectivity index (χ2v) is 5.86. The maximum absolute atomic E-state index is 11.5. The van der Waals surface area contributed by atoms with Crippen molar-refractivity contribution < 1.29 is 4.79 Å². The van der Waals surface area contributed by atoms with E-state index in [-0.39, 0.29) is 5.91 Å². The Morgan fingerprint density at radius 1 is 1.53 bits per heavy atom. The summed E-state index contributed by atoms with van der Waals surface area (Å²) in [5, 5.41) is 10.6. The molecule has 0 saturated heterocycles. The molecule has 84 valence electrons. The molecule has 6 heteroatoms. The molecule has 0 aliphatic heterocycles. The molecule has 0 unspecified atom stereocenters. The molecule has 1 aromatic heterocycles. The Kier molecular flexibility index (Phi) is 3.49. The van der Waals surface area contributed by atoms with Crippen molar-refractivity contribution >= 4 is 21.8 Å². The topological polar surface area (TPSA) is 59.8 Å². The number of nitrogens with one attached hydrogen (secondary N) is 1. The summed E-state index contributed by atoms with van der Waals surface area (Å²) < 4.78 is 1.29. The van der Waals surface area contributed by atoms with E-state index >= 15 is 0 Å². The van der Waals surface area contributed by atoms with E-state index in [4.69, 9.17) is 0 Å². The molecule has 0 aromatic carbocycles. The third kappa shape index (κ3) is 3.02. The molecule has 0 bridgehead atoms. The molecule has 5 nitrogen and oxygen atoms in total. The first kappa shape index (κ1) is 12.2. The van der Waals surface area contributed by atoms with Crippen LogP contribution in [-0.4, -0.2) is 25.0 Å². The quantitative estimate of drug-likeness (QED) is 0.834. The molecular formula is C9H15BrN4O. The van der Waals surface area contributed by atoms with Gasteiger partial charge in [0.25, 0.3) is 0 Å². The summed E-state index contributed by atoms with van der Waals surface area (Å²) in [5.74, 6) is 1.51. The molecule has 0 aliphatic carbocycles. The maximum atomic E-state index is 11.5. The number of amides is 1. The lowest BCUT2D eigenvalue weighted by molar-refractivity contribution is -0.122. The van der Waals surface area contributed by atoms with Crippen molar-refractivity contribution in [1.82, 2.24) is 20.1 Å². The number of nitrogens with zero attached hydrogens (tertiary/aromatic N) is 3. The zero-order valence-corrected chi connectivity index (χ0v) is 10.9. The van der Waals surface area contributed by atoms with Gasteiger partial charge in [0.15, 0.2) is 5.82 Å². The van der Waals surface area contributed by atoms with Crippen molar-refractivity contribution in [1.29, 1.82) is 0 Å². The number of aromatic nitrogens is 3. The number of halogens is 1. The summed E-state index contributed by atoms with van der Waals surface area (Å²) in [7, 11) is 1.87. The fraction of sp³-hybridized carbons (Fsp3) is 0.667. The standard InChI is InChI=1S/C9H15BrN4O/c1-6-12-13-7(14(6)4)5-11-8(15)9(2,3)10/h5H2,1-4H3,(H,11,15). The third-order valence-electron chi connectivity index (χ3n) is 2.13. The van der Waals surface area contributed by atoms with Gasteiger partial charge in [-0.1, -0.05) is 15.9 Å². The molecular weight excluding hydrogens is 260 g/mol. The summed E-state index contributed by atoms with van der Waals surface area (Å²) >= 11 is 3.29. The van der Waals surface area contributed by atoms with Crippen molar-refractivity contribution in [2.45, 2.75) is 31.6 Å². The van der Waals surface area contributed by atoms with Crippen LogP contribution in [0.2, 0.25) is 0 Å². The first-order valence-corrected chi connectivity index (χ1v) is 5.43. The number of alkyl halides is 1. The van der Waals surface area contributed by atoms with Gasteiger partial charge in [-0.05, 0) is 20.8 Å². The normalized spacial score (nSPS) is 11.5. The number of carbonyl (C=O) groups excluding carboxylic acids is 1. The molecule has 1 aromatic rings. The lowest BCUT2D eigenvalue weighted by Crippen LogP contribution is -2.37. The van der Waals surface area contributed by atoms with Gasteiger partial charge in [-0.3, -0.25) is 4.79 Å². The van der Waals surface area contributed by atoms with E-state index in [9.17, 15) is 4.79 Å². The van der Waals surface area contributed by atoms with Crippen LogP contribution >= 0.6 is 15.9 Å². The Morgan fingerprint density at radius 3 is 2.53 bits per heavy atom. The number of hydrogen-bond donors (Lipinski definition) is 1. The molecule has 1 heterocycles. The van der Waals surface area contributed by atoms with Gasteiger partial charge in [0.1, 0.15) is 5.82 Å². The number of carbonyl (C=O) groups is 1. The molecule has 0 radical (unpaired) electrons. The van der Waals surface area contributed by atoms with Crippen LogP contribution in [0.5, 0.6) is 0 Å². The Bertz CT molecular complexity index is 367. The zero-order valence-electron chi connectivity index (χ0n) is 9.33. The van der Waals surface area contributed by atoms with Crippen LogP contribution in [0.25, 0.3) is 0 Å². The molecule has 15 heavy (non-hydrogen) atoms. The van der Waals surface area contributed by atoms with Crippen LogP contribution in [0.15, 0.2) is 0 Å². The molecule has 0 aliphatic rings. The van der Waals surface area contributed by atoms with Crippen molar-refractivity contribution in [2.24, 2.45) is 7.05 Å².